The summed E-state index contributed by atoms with van der Waals surface area (Å²) in [4.78, 5) is 22.4. The zero-order chi connectivity index (χ0) is 12.8. The predicted molar refractivity (Wildman–Crippen MR) is 63.8 cm³/mol. The molecule has 92 valence electrons. The fourth-order valence-electron chi connectivity index (χ4n) is 1.18. The minimum atomic E-state index is -0.298. The number of ether oxygens (including phenoxy) is 1. The van der Waals surface area contributed by atoms with Gasteiger partial charge in [-0.15, -0.1) is 0 Å². The molecule has 1 aromatic rings. The Morgan fingerprint density at radius 2 is 2.00 bits per heavy atom. The average Bonchev–Trinajstić information content (AvgIpc) is 2.36. The Morgan fingerprint density at radius 3 is 2.59 bits per heavy atom. The number of hydrogen-bond donors (Lipinski definition) is 3. The van der Waals surface area contributed by atoms with Crippen molar-refractivity contribution in [1.29, 1.82) is 0 Å². The Kier molecular flexibility index (Phi) is 4.33. The first-order chi connectivity index (χ1) is 8.08. The van der Waals surface area contributed by atoms with Crippen LogP contribution in [0.5, 0.6) is 5.75 Å². The highest BCUT2D eigenvalue weighted by atomic mass is 16.5. The minimum Gasteiger partial charge on any atom is -0.484 e. The van der Waals surface area contributed by atoms with Gasteiger partial charge in [-0.1, -0.05) is 0 Å². The molecule has 6 heteroatoms. The van der Waals surface area contributed by atoms with Crippen LogP contribution in [0.2, 0.25) is 0 Å². The first-order valence-electron chi connectivity index (χ1n) is 5.03. The molecule has 0 atom stereocenters. The molecule has 0 aliphatic rings. The summed E-state index contributed by atoms with van der Waals surface area (Å²) in [6, 6.07) is 4.66. The van der Waals surface area contributed by atoms with Crippen molar-refractivity contribution in [2.24, 2.45) is 0 Å². The number of nitrogens with two attached hydrogens (primary N) is 1. The predicted octanol–water partition coefficient (Wildman–Crippen LogP) is -0.247. The Hall–Kier alpha value is -2.24. The second kappa shape index (κ2) is 5.74. The van der Waals surface area contributed by atoms with E-state index in [0.29, 0.717) is 17.0 Å². The van der Waals surface area contributed by atoms with Crippen molar-refractivity contribution >= 4 is 17.5 Å². The number of benzene rings is 1. The highest BCUT2D eigenvalue weighted by Crippen LogP contribution is 2.19. The molecule has 4 N–H and O–H groups in total. The second-order valence-corrected chi connectivity index (χ2v) is 3.29. The van der Waals surface area contributed by atoms with Crippen molar-refractivity contribution in [1.82, 2.24) is 10.6 Å². The number of likely N-dealkylation sites (N-methyl/N-ethyl adjacent to an activating group) is 1. The molecular weight excluding hydrogens is 222 g/mol. The number of hydrogen-bond acceptors (Lipinski definition) is 4. The van der Waals surface area contributed by atoms with Gasteiger partial charge in [0.15, 0.2) is 6.61 Å². The molecule has 0 saturated heterocycles. The quantitative estimate of drug-likeness (QED) is 0.630. The maximum Gasteiger partial charge on any atom is 0.257 e. The van der Waals surface area contributed by atoms with Gasteiger partial charge in [0.05, 0.1) is 5.56 Å². The normalized spacial score (nSPS) is 9.53. The van der Waals surface area contributed by atoms with Gasteiger partial charge in [0.1, 0.15) is 5.75 Å². The zero-order valence-corrected chi connectivity index (χ0v) is 9.74. The van der Waals surface area contributed by atoms with Gasteiger partial charge in [0.25, 0.3) is 11.8 Å². The molecule has 0 radical (unpaired) electrons. The van der Waals surface area contributed by atoms with E-state index in [1.165, 1.54) is 20.2 Å². The zero-order valence-electron chi connectivity index (χ0n) is 9.74. The number of anilines is 1. The maximum atomic E-state index is 11.5. The van der Waals surface area contributed by atoms with E-state index in [1.54, 1.807) is 12.1 Å². The molecule has 17 heavy (non-hydrogen) atoms. The van der Waals surface area contributed by atoms with Gasteiger partial charge in [0.2, 0.25) is 0 Å². The van der Waals surface area contributed by atoms with E-state index in [9.17, 15) is 9.59 Å². The molecular formula is C11H15N3O3. The molecule has 6 nitrogen and oxygen atoms in total. The topological polar surface area (TPSA) is 93.4 Å². The van der Waals surface area contributed by atoms with Crippen molar-refractivity contribution in [2.75, 3.05) is 26.4 Å². The van der Waals surface area contributed by atoms with Crippen LogP contribution in [0.25, 0.3) is 0 Å². The first kappa shape index (κ1) is 12.8. The summed E-state index contributed by atoms with van der Waals surface area (Å²) in [5.74, 6) is -0.127. The summed E-state index contributed by atoms with van der Waals surface area (Å²) < 4.78 is 5.20. The molecule has 1 rings (SSSR count). The maximum absolute atomic E-state index is 11.5. The van der Waals surface area contributed by atoms with E-state index in [0.717, 1.165) is 0 Å². The summed E-state index contributed by atoms with van der Waals surface area (Å²) in [6.07, 6.45) is 0. The molecule has 0 unspecified atom stereocenters. The highest BCUT2D eigenvalue weighted by Gasteiger charge is 2.09. The summed E-state index contributed by atoms with van der Waals surface area (Å²) in [7, 11) is 3.03. The monoisotopic (exact) mass is 237 g/mol. The van der Waals surface area contributed by atoms with E-state index in [2.05, 4.69) is 10.6 Å². The molecule has 0 aliphatic carbocycles. The lowest BCUT2D eigenvalue weighted by molar-refractivity contribution is -0.122. The van der Waals surface area contributed by atoms with E-state index >= 15 is 0 Å². The molecule has 0 heterocycles. The Balaban J connectivity index is 2.81. The van der Waals surface area contributed by atoms with Crippen LogP contribution in [0, 0.1) is 0 Å². The molecule has 0 fully saturated rings. The number of carbonyl (C=O) groups excluding carboxylic acids is 2. The van der Waals surface area contributed by atoms with Crippen molar-refractivity contribution in [2.45, 2.75) is 0 Å². The van der Waals surface area contributed by atoms with Crippen LogP contribution in [0.3, 0.4) is 0 Å². The summed E-state index contributed by atoms with van der Waals surface area (Å²) in [5.41, 5.74) is 6.33. The molecule has 0 bridgehead atoms. The van der Waals surface area contributed by atoms with Gasteiger partial charge < -0.3 is 21.1 Å². The number of carbonyl (C=O) groups is 2. The molecule has 2 amide bonds. The van der Waals surface area contributed by atoms with Crippen LogP contribution in [-0.2, 0) is 4.79 Å². The Labute approximate surface area is 99.1 Å². The summed E-state index contributed by atoms with van der Waals surface area (Å²) >= 11 is 0. The van der Waals surface area contributed by atoms with Crippen LogP contribution in [0.15, 0.2) is 18.2 Å². The first-order valence-corrected chi connectivity index (χ1v) is 5.03. The third kappa shape index (κ3) is 3.37. The standard InChI is InChI=1S/C11H15N3O3/c1-13-10(15)6-17-7-3-4-9(12)8(5-7)11(16)14-2/h3-5H,6,12H2,1-2H3,(H,13,15)(H,14,16). The van der Waals surface area contributed by atoms with E-state index in [-0.39, 0.29) is 18.4 Å². The average molecular weight is 237 g/mol. The third-order valence-electron chi connectivity index (χ3n) is 2.15. The molecule has 0 saturated carbocycles. The fourth-order valence-corrected chi connectivity index (χ4v) is 1.18. The van der Waals surface area contributed by atoms with Gasteiger partial charge in [-0.25, -0.2) is 0 Å². The van der Waals surface area contributed by atoms with Gasteiger partial charge >= 0.3 is 0 Å². The highest BCUT2D eigenvalue weighted by molar-refractivity contribution is 5.99. The van der Waals surface area contributed by atoms with Crippen molar-refractivity contribution in [3.05, 3.63) is 23.8 Å². The Morgan fingerprint density at radius 1 is 1.29 bits per heavy atom. The number of nitrogens with one attached hydrogen (secondary N) is 2. The molecule has 0 aromatic heterocycles. The third-order valence-corrected chi connectivity index (χ3v) is 2.15. The summed E-state index contributed by atoms with van der Waals surface area (Å²) in [5, 5.41) is 4.90. The second-order valence-electron chi connectivity index (χ2n) is 3.29. The summed E-state index contributed by atoms with van der Waals surface area (Å²) in [6.45, 7) is -0.104. The van der Waals surface area contributed by atoms with Crippen LogP contribution >= 0.6 is 0 Å². The molecule has 0 aliphatic heterocycles. The number of rotatable bonds is 4. The van der Waals surface area contributed by atoms with Gasteiger partial charge in [-0.3, -0.25) is 9.59 Å². The van der Waals surface area contributed by atoms with Crippen molar-refractivity contribution in [3.8, 4) is 5.75 Å². The van der Waals surface area contributed by atoms with E-state index < -0.39 is 0 Å². The lowest BCUT2D eigenvalue weighted by Crippen LogP contribution is -2.25. The van der Waals surface area contributed by atoms with Crippen LogP contribution in [0.1, 0.15) is 10.4 Å². The SMILES string of the molecule is CNC(=O)COc1ccc(N)c(C(=O)NC)c1. The van der Waals surface area contributed by atoms with Gasteiger partial charge in [-0.2, -0.15) is 0 Å². The lowest BCUT2D eigenvalue weighted by atomic mass is 10.1. The van der Waals surface area contributed by atoms with Crippen molar-refractivity contribution < 1.29 is 14.3 Å². The molecule has 0 spiro atoms. The largest absolute Gasteiger partial charge is 0.484 e. The van der Waals surface area contributed by atoms with E-state index in [1.807, 2.05) is 0 Å². The Bertz CT molecular complexity index is 432. The molecule has 1 aromatic carbocycles. The van der Waals surface area contributed by atoms with Crippen LogP contribution < -0.4 is 21.1 Å². The smallest absolute Gasteiger partial charge is 0.257 e. The van der Waals surface area contributed by atoms with Crippen LogP contribution in [0.4, 0.5) is 5.69 Å². The number of nitrogen functional groups attached to an aromatic ring is 1. The lowest BCUT2D eigenvalue weighted by Gasteiger charge is -2.08. The van der Waals surface area contributed by atoms with Crippen molar-refractivity contribution in [3.63, 3.8) is 0 Å². The number of amides is 2. The van der Waals surface area contributed by atoms with Crippen LogP contribution in [-0.4, -0.2) is 32.5 Å². The van der Waals surface area contributed by atoms with E-state index in [4.69, 9.17) is 10.5 Å². The van der Waals surface area contributed by atoms with Gasteiger partial charge in [0, 0.05) is 19.8 Å². The minimum absolute atomic E-state index is 0.104. The fraction of sp³-hybridized carbons (Fsp3) is 0.273. The van der Waals surface area contributed by atoms with Gasteiger partial charge in [-0.05, 0) is 18.2 Å².